The Kier molecular flexibility index (Phi) is 7.06. The van der Waals surface area contributed by atoms with E-state index in [1.54, 1.807) is 13.0 Å². The zero-order chi connectivity index (χ0) is 14.6. The quantitative estimate of drug-likeness (QED) is 0.888. The summed E-state index contributed by atoms with van der Waals surface area (Å²) in [5.74, 6) is 0.0770. The lowest BCUT2D eigenvalue weighted by Gasteiger charge is -2.36. The molecule has 1 N–H and O–H groups in total. The van der Waals surface area contributed by atoms with Crippen LogP contribution in [0.25, 0.3) is 0 Å². The number of nitrogens with zero attached hydrogens (tertiary/aromatic N) is 1. The molecule has 4 nitrogen and oxygen atoms in total. The summed E-state index contributed by atoms with van der Waals surface area (Å²) in [6, 6.07) is 6.57. The minimum atomic E-state index is -2.97. The lowest BCUT2D eigenvalue weighted by atomic mass is 10.0. The van der Waals surface area contributed by atoms with Gasteiger partial charge in [-0.2, -0.15) is 0 Å². The highest BCUT2D eigenvalue weighted by Crippen LogP contribution is 2.22. The van der Waals surface area contributed by atoms with E-state index in [4.69, 9.17) is 0 Å². The molecule has 0 bridgehead atoms. The molecule has 1 atom stereocenters. The Labute approximate surface area is 132 Å². The molecule has 1 saturated heterocycles. The van der Waals surface area contributed by atoms with Gasteiger partial charge >= 0.3 is 0 Å². The number of hydrogen-bond acceptors (Lipinski definition) is 4. The Hall–Kier alpha value is -0.690. The molecule has 1 aromatic carbocycles. The number of piperazine rings is 1. The van der Waals surface area contributed by atoms with Gasteiger partial charge in [-0.3, -0.25) is 4.90 Å². The van der Waals surface area contributed by atoms with Gasteiger partial charge in [-0.15, -0.1) is 12.4 Å². The largest absolute Gasteiger partial charge is 0.314 e. The van der Waals surface area contributed by atoms with Crippen LogP contribution in [0, 0.1) is 5.82 Å². The monoisotopic (exact) mass is 336 g/mol. The lowest BCUT2D eigenvalue weighted by molar-refractivity contribution is 0.171. The Morgan fingerprint density at radius 3 is 2.86 bits per heavy atom. The van der Waals surface area contributed by atoms with Gasteiger partial charge in [0.1, 0.15) is 5.82 Å². The van der Waals surface area contributed by atoms with E-state index in [0.717, 1.165) is 25.2 Å². The third-order valence-corrected chi connectivity index (χ3v) is 5.40. The minimum Gasteiger partial charge on any atom is -0.314 e. The zero-order valence-electron chi connectivity index (χ0n) is 12.1. The van der Waals surface area contributed by atoms with Crippen LogP contribution in [-0.4, -0.2) is 51.0 Å². The molecule has 1 heterocycles. The van der Waals surface area contributed by atoms with E-state index in [1.165, 1.54) is 12.1 Å². The minimum absolute atomic E-state index is 0. The van der Waals surface area contributed by atoms with E-state index in [0.29, 0.717) is 6.54 Å². The van der Waals surface area contributed by atoms with E-state index in [-0.39, 0.29) is 35.8 Å². The number of rotatable bonds is 5. The smallest absolute Gasteiger partial charge is 0.151 e. The first-order valence-electron chi connectivity index (χ1n) is 6.92. The maximum atomic E-state index is 13.3. The van der Waals surface area contributed by atoms with Gasteiger partial charge in [-0.1, -0.05) is 19.1 Å². The number of hydrogen-bond donors (Lipinski definition) is 1. The van der Waals surface area contributed by atoms with E-state index in [1.807, 2.05) is 6.07 Å². The molecule has 1 aliphatic heterocycles. The molecule has 1 aliphatic rings. The maximum Gasteiger partial charge on any atom is 0.151 e. The predicted molar refractivity (Wildman–Crippen MR) is 85.2 cm³/mol. The third kappa shape index (κ3) is 5.21. The van der Waals surface area contributed by atoms with Crippen LogP contribution in [0.4, 0.5) is 4.39 Å². The van der Waals surface area contributed by atoms with Gasteiger partial charge in [-0.05, 0) is 17.7 Å². The van der Waals surface area contributed by atoms with Crippen molar-refractivity contribution < 1.29 is 12.8 Å². The molecule has 2 rings (SSSR count). The highest BCUT2D eigenvalue weighted by molar-refractivity contribution is 7.91. The van der Waals surface area contributed by atoms with Crippen LogP contribution in [0.2, 0.25) is 0 Å². The molecule has 0 aromatic heterocycles. The summed E-state index contributed by atoms with van der Waals surface area (Å²) in [4.78, 5) is 2.12. The number of halogens is 2. The summed E-state index contributed by atoms with van der Waals surface area (Å²) >= 11 is 0. The van der Waals surface area contributed by atoms with Gasteiger partial charge < -0.3 is 5.32 Å². The van der Waals surface area contributed by atoms with Crippen LogP contribution < -0.4 is 5.32 Å². The molecule has 0 saturated carbocycles. The van der Waals surface area contributed by atoms with Crippen molar-refractivity contribution in [3.05, 3.63) is 35.6 Å². The van der Waals surface area contributed by atoms with Crippen LogP contribution in [0.5, 0.6) is 0 Å². The molecule has 1 aromatic rings. The summed E-state index contributed by atoms with van der Waals surface area (Å²) in [6.45, 7) is 4.49. The predicted octanol–water partition coefficient (Wildman–Crippen LogP) is 1.63. The summed E-state index contributed by atoms with van der Waals surface area (Å²) < 4.78 is 36.6. The first kappa shape index (κ1) is 18.4. The number of nitrogens with one attached hydrogen (secondary N) is 1. The summed E-state index contributed by atoms with van der Waals surface area (Å²) in [5, 5.41) is 3.28. The van der Waals surface area contributed by atoms with Crippen molar-refractivity contribution in [3.63, 3.8) is 0 Å². The van der Waals surface area contributed by atoms with Crippen molar-refractivity contribution >= 4 is 22.2 Å². The fraction of sp³-hybridized carbons (Fsp3) is 0.571. The van der Waals surface area contributed by atoms with Crippen molar-refractivity contribution in [1.82, 2.24) is 10.2 Å². The third-order valence-electron chi connectivity index (χ3n) is 3.72. The SMILES string of the molecule is CCS(=O)(=O)CCN1CCNCC1c1cccc(F)c1.Cl. The molecule has 0 amide bonds. The second-order valence-corrected chi connectivity index (χ2v) is 7.52. The van der Waals surface area contributed by atoms with Crippen molar-refractivity contribution in [2.75, 3.05) is 37.7 Å². The number of sulfone groups is 1. The normalized spacial score (nSPS) is 20.0. The highest BCUT2D eigenvalue weighted by atomic mass is 35.5. The van der Waals surface area contributed by atoms with E-state index in [2.05, 4.69) is 10.2 Å². The van der Waals surface area contributed by atoms with E-state index < -0.39 is 9.84 Å². The summed E-state index contributed by atoms with van der Waals surface area (Å²) in [7, 11) is -2.97. The van der Waals surface area contributed by atoms with Gasteiger partial charge in [0.15, 0.2) is 9.84 Å². The lowest BCUT2D eigenvalue weighted by Crippen LogP contribution is -2.47. The van der Waals surface area contributed by atoms with Crippen molar-refractivity contribution in [1.29, 1.82) is 0 Å². The topological polar surface area (TPSA) is 49.4 Å². The van der Waals surface area contributed by atoms with Crippen molar-refractivity contribution in [2.24, 2.45) is 0 Å². The average molecular weight is 337 g/mol. The molecule has 21 heavy (non-hydrogen) atoms. The number of benzene rings is 1. The first-order chi connectivity index (χ1) is 9.52. The van der Waals surface area contributed by atoms with Crippen LogP contribution >= 0.6 is 12.4 Å². The van der Waals surface area contributed by atoms with Gasteiger partial charge in [0.25, 0.3) is 0 Å². The molecule has 0 aliphatic carbocycles. The molecule has 120 valence electrons. The molecule has 1 fully saturated rings. The fourth-order valence-electron chi connectivity index (χ4n) is 2.46. The van der Waals surface area contributed by atoms with Gasteiger partial charge in [0.2, 0.25) is 0 Å². The molecular formula is C14H22ClFN2O2S. The van der Waals surface area contributed by atoms with E-state index >= 15 is 0 Å². The second kappa shape index (κ2) is 8.08. The molecule has 7 heteroatoms. The molecule has 0 radical (unpaired) electrons. The Balaban J connectivity index is 0.00000220. The van der Waals surface area contributed by atoms with Gasteiger partial charge in [-0.25, -0.2) is 12.8 Å². The van der Waals surface area contributed by atoms with Crippen LogP contribution in [0.3, 0.4) is 0 Å². The van der Waals surface area contributed by atoms with Gasteiger partial charge in [0, 0.05) is 38.0 Å². The van der Waals surface area contributed by atoms with Crippen molar-refractivity contribution in [2.45, 2.75) is 13.0 Å². The molecule has 1 unspecified atom stereocenters. The standard InChI is InChI=1S/C14H21FN2O2S.ClH/c1-2-20(18,19)9-8-17-7-6-16-11-14(17)12-4-3-5-13(15)10-12;/h3-5,10,14,16H,2,6-9,11H2,1H3;1H. The summed E-state index contributed by atoms with van der Waals surface area (Å²) in [5.41, 5.74) is 0.895. The maximum absolute atomic E-state index is 13.3. The van der Waals surface area contributed by atoms with Crippen molar-refractivity contribution in [3.8, 4) is 0 Å². The van der Waals surface area contributed by atoms with E-state index in [9.17, 15) is 12.8 Å². The van der Waals surface area contributed by atoms with Crippen LogP contribution in [0.15, 0.2) is 24.3 Å². The fourth-order valence-corrected chi connectivity index (χ4v) is 3.26. The van der Waals surface area contributed by atoms with Gasteiger partial charge in [0.05, 0.1) is 5.75 Å². The highest BCUT2D eigenvalue weighted by Gasteiger charge is 2.25. The Bertz CT molecular complexity index is 554. The summed E-state index contributed by atoms with van der Waals surface area (Å²) in [6.07, 6.45) is 0. The molecule has 0 spiro atoms. The second-order valence-electron chi connectivity index (χ2n) is 5.05. The Morgan fingerprint density at radius 1 is 1.43 bits per heavy atom. The average Bonchev–Trinajstić information content (AvgIpc) is 2.45. The zero-order valence-corrected chi connectivity index (χ0v) is 13.7. The Morgan fingerprint density at radius 2 is 2.19 bits per heavy atom. The molecular weight excluding hydrogens is 315 g/mol. The van der Waals surface area contributed by atoms with Crippen LogP contribution in [-0.2, 0) is 9.84 Å². The van der Waals surface area contributed by atoms with Crippen LogP contribution in [0.1, 0.15) is 18.5 Å². The first-order valence-corrected chi connectivity index (χ1v) is 8.74.